The maximum Gasteiger partial charge on any atom is 0.335 e. The van der Waals surface area contributed by atoms with Gasteiger partial charge in [-0.3, -0.25) is 9.69 Å². The van der Waals surface area contributed by atoms with Crippen LogP contribution in [-0.2, 0) is 11.4 Å². The minimum Gasteiger partial charge on any atom is -0.489 e. The zero-order chi connectivity index (χ0) is 24.1. The van der Waals surface area contributed by atoms with Crippen molar-refractivity contribution in [2.24, 2.45) is 4.99 Å². The third kappa shape index (κ3) is 5.52. The van der Waals surface area contributed by atoms with E-state index in [1.807, 2.05) is 19.1 Å². The van der Waals surface area contributed by atoms with E-state index < -0.39 is 5.97 Å². The van der Waals surface area contributed by atoms with Crippen molar-refractivity contribution in [1.82, 2.24) is 4.90 Å². The molecule has 6 nitrogen and oxygen atoms in total. The van der Waals surface area contributed by atoms with Crippen LogP contribution in [0.5, 0.6) is 5.75 Å². The molecule has 1 aliphatic rings. The van der Waals surface area contributed by atoms with E-state index in [-0.39, 0.29) is 23.9 Å². The van der Waals surface area contributed by atoms with E-state index in [0.29, 0.717) is 28.1 Å². The highest BCUT2D eigenvalue weighted by molar-refractivity contribution is 8.18. The summed E-state index contributed by atoms with van der Waals surface area (Å²) in [6, 6.07) is 19.7. The fourth-order valence-corrected chi connectivity index (χ4v) is 4.33. The Bertz CT molecular complexity index is 1270. The summed E-state index contributed by atoms with van der Waals surface area (Å²) in [6.07, 6.45) is 1.79. The summed E-state index contributed by atoms with van der Waals surface area (Å²) in [4.78, 5) is 30.5. The molecule has 0 aromatic heterocycles. The summed E-state index contributed by atoms with van der Waals surface area (Å²) in [7, 11) is 0. The number of nitrogens with zero attached hydrogens (tertiary/aromatic N) is 2. The van der Waals surface area contributed by atoms with Gasteiger partial charge >= 0.3 is 5.97 Å². The summed E-state index contributed by atoms with van der Waals surface area (Å²) >= 11 is 1.27. The van der Waals surface area contributed by atoms with Crippen molar-refractivity contribution >= 4 is 40.6 Å². The van der Waals surface area contributed by atoms with Gasteiger partial charge in [0.1, 0.15) is 18.2 Å². The second kappa shape index (κ2) is 10.4. The van der Waals surface area contributed by atoms with Gasteiger partial charge in [-0.25, -0.2) is 14.2 Å². The number of amides is 1. The van der Waals surface area contributed by atoms with Crippen molar-refractivity contribution in [3.63, 3.8) is 0 Å². The lowest BCUT2D eigenvalue weighted by atomic mass is 10.2. The van der Waals surface area contributed by atoms with Crippen LogP contribution in [0.2, 0.25) is 0 Å². The van der Waals surface area contributed by atoms with Crippen molar-refractivity contribution in [2.75, 3.05) is 6.54 Å². The molecule has 0 unspecified atom stereocenters. The predicted octanol–water partition coefficient (Wildman–Crippen LogP) is 5.73. The molecule has 34 heavy (non-hydrogen) atoms. The van der Waals surface area contributed by atoms with E-state index in [0.717, 1.165) is 11.1 Å². The number of aliphatic imine (C=N–C) groups is 1. The van der Waals surface area contributed by atoms with Crippen LogP contribution >= 0.6 is 11.8 Å². The lowest BCUT2D eigenvalue weighted by Gasteiger charge is -2.12. The lowest BCUT2D eigenvalue weighted by Crippen LogP contribution is -2.28. The third-order valence-corrected chi connectivity index (χ3v) is 6.02. The molecule has 1 saturated heterocycles. The standard InChI is InChI=1S/C26H21FN2O4S/c1-2-29-24(30)23(34-26(29)28-21-10-8-19(9-11-21)25(31)32)15-17-6-12-22(13-7-17)33-16-18-4-3-5-20(27)14-18/h3-15H,2,16H2,1H3,(H,31,32). The van der Waals surface area contributed by atoms with Crippen LogP contribution in [0.15, 0.2) is 82.7 Å². The molecule has 172 valence electrons. The number of ether oxygens (including phenoxy) is 1. The van der Waals surface area contributed by atoms with Crippen LogP contribution < -0.4 is 4.74 Å². The second-order valence-electron chi connectivity index (χ2n) is 7.39. The van der Waals surface area contributed by atoms with Crippen LogP contribution in [0.1, 0.15) is 28.4 Å². The summed E-state index contributed by atoms with van der Waals surface area (Å²) in [5.41, 5.74) is 2.32. The molecule has 0 bridgehead atoms. The van der Waals surface area contributed by atoms with Gasteiger partial charge in [-0.2, -0.15) is 0 Å². The molecule has 3 aromatic rings. The van der Waals surface area contributed by atoms with Crippen molar-refractivity contribution < 1.29 is 23.8 Å². The van der Waals surface area contributed by atoms with Crippen molar-refractivity contribution in [3.05, 3.63) is 100 Å². The number of carbonyl (C=O) groups excluding carboxylic acids is 1. The first-order valence-electron chi connectivity index (χ1n) is 10.5. The van der Waals surface area contributed by atoms with Crippen LogP contribution in [0.4, 0.5) is 10.1 Å². The van der Waals surface area contributed by atoms with Gasteiger partial charge in [0.15, 0.2) is 5.17 Å². The number of carboxylic acid groups (broad SMARTS) is 1. The number of hydrogen-bond donors (Lipinski definition) is 1. The number of amidine groups is 1. The van der Waals surface area contributed by atoms with Crippen LogP contribution in [0.25, 0.3) is 6.08 Å². The number of halogens is 1. The van der Waals surface area contributed by atoms with Crippen LogP contribution in [-0.4, -0.2) is 33.6 Å². The van der Waals surface area contributed by atoms with Crippen molar-refractivity contribution in [1.29, 1.82) is 0 Å². The molecule has 0 aliphatic carbocycles. The Labute approximate surface area is 200 Å². The Balaban J connectivity index is 1.46. The molecule has 1 aliphatic heterocycles. The maximum atomic E-state index is 13.3. The predicted molar refractivity (Wildman–Crippen MR) is 131 cm³/mol. The third-order valence-electron chi connectivity index (χ3n) is 5.02. The minimum atomic E-state index is -1.00. The second-order valence-corrected chi connectivity index (χ2v) is 8.40. The van der Waals surface area contributed by atoms with E-state index in [2.05, 4.69) is 4.99 Å². The highest BCUT2D eigenvalue weighted by Gasteiger charge is 2.32. The molecule has 0 atom stereocenters. The molecule has 1 fully saturated rings. The van der Waals surface area contributed by atoms with Gasteiger partial charge in [0, 0.05) is 6.54 Å². The van der Waals surface area contributed by atoms with Gasteiger partial charge in [-0.05, 0) is 84.4 Å². The highest BCUT2D eigenvalue weighted by atomic mass is 32.2. The monoisotopic (exact) mass is 476 g/mol. The first-order valence-corrected chi connectivity index (χ1v) is 11.4. The summed E-state index contributed by atoms with van der Waals surface area (Å²) in [5.74, 6) is -0.808. The topological polar surface area (TPSA) is 79.2 Å². The van der Waals surface area contributed by atoms with E-state index in [1.165, 1.54) is 36.0 Å². The summed E-state index contributed by atoms with van der Waals surface area (Å²) < 4.78 is 19.0. The Kier molecular flexibility index (Phi) is 7.08. The fourth-order valence-electron chi connectivity index (χ4n) is 3.26. The molecule has 0 radical (unpaired) electrons. The molecule has 1 amide bonds. The number of hydrogen-bond acceptors (Lipinski definition) is 5. The Morgan fingerprint density at radius 1 is 1.12 bits per heavy atom. The average Bonchev–Trinajstić information content (AvgIpc) is 3.12. The summed E-state index contributed by atoms with van der Waals surface area (Å²) in [5, 5.41) is 9.58. The molecule has 1 heterocycles. The zero-order valence-electron chi connectivity index (χ0n) is 18.3. The van der Waals surface area contributed by atoms with Crippen molar-refractivity contribution in [2.45, 2.75) is 13.5 Å². The molecular formula is C26H21FN2O4S. The van der Waals surface area contributed by atoms with Crippen LogP contribution in [0.3, 0.4) is 0 Å². The molecule has 8 heteroatoms. The largest absolute Gasteiger partial charge is 0.489 e. The molecular weight excluding hydrogens is 455 g/mol. The number of carboxylic acids is 1. The number of carbonyl (C=O) groups is 2. The molecule has 0 saturated carbocycles. The fraction of sp³-hybridized carbons (Fsp3) is 0.115. The quantitative estimate of drug-likeness (QED) is 0.441. The highest BCUT2D eigenvalue weighted by Crippen LogP contribution is 2.34. The smallest absolute Gasteiger partial charge is 0.335 e. The van der Waals surface area contributed by atoms with Gasteiger partial charge in [-0.15, -0.1) is 0 Å². The number of likely N-dealkylation sites (N-methyl/N-ethyl adjacent to an activating group) is 1. The molecule has 3 aromatic carbocycles. The number of aromatic carboxylic acids is 1. The molecule has 1 N–H and O–H groups in total. The first-order chi connectivity index (χ1) is 16.4. The molecule has 4 rings (SSSR count). The van der Waals surface area contributed by atoms with Gasteiger partial charge in [-0.1, -0.05) is 24.3 Å². The SMILES string of the molecule is CCN1C(=O)C(=Cc2ccc(OCc3cccc(F)c3)cc2)SC1=Nc1ccc(C(=O)O)cc1. The molecule has 0 spiro atoms. The number of rotatable bonds is 7. The van der Waals surface area contributed by atoms with Crippen molar-refractivity contribution in [3.8, 4) is 5.75 Å². The van der Waals surface area contributed by atoms with E-state index in [4.69, 9.17) is 9.84 Å². The van der Waals surface area contributed by atoms with E-state index in [9.17, 15) is 14.0 Å². The minimum absolute atomic E-state index is 0.139. The van der Waals surface area contributed by atoms with Gasteiger partial charge < -0.3 is 9.84 Å². The van der Waals surface area contributed by atoms with E-state index in [1.54, 1.807) is 47.4 Å². The number of thioether (sulfide) groups is 1. The average molecular weight is 477 g/mol. The Morgan fingerprint density at radius 2 is 1.85 bits per heavy atom. The first kappa shape index (κ1) is 23.3. The normalized spacial score (nSPS) is 15.8. The Morgan fingerprint density at radius 3 is 2.50 bits per heavy atom. The van der Waals surface area contributed by atoms with Gasteiger partial charge in [0.05, 0.1) is 16.2 Å². The maximum absolute atomic E-state index is 13.3. The van der Waals surface area contributed by atoms with Crippen LogP contribution in [0, 0.1) is 5.82 Å². The summed E-state index contributed by atoms with van der Waals surface area (Å²) in [6.45, 7) is 2.59. The van der Waals surface area contributed by atoms with Gasteiger partial charge in [0.2, 0.25) is 0 Å². The lowest BCUT2D eigenvalue weighted by molar-refractivity contribution is -0.122. The zero-order valence-corrected chi connectivity index (χ0v) is 19.1. The Hall–Kier alpha value is -3.91. The number of benzene rings is 3. The van der Waals surface area contributed by atoms with E-state index >= 15 is 0 Å². The van der Waals surface area contributed by atoms with Gasteiger partial charge in [0.25, 0.3) is 5.91 Å².